The van der Waals surface area contributed by atoms with E-state index in [1.807, 2.05) is 30.3 Å². The number of amides is 1. The first-order valence-electron chi connectivity index (χ1n) is 6.86. The van der Waals surface area contributed by atoms with Gasteiger partial charge in [0.2, 0.25) is 5.88 Å². The first-order chi connectivity index (χ1) is 11.5. The fourth-order valence-electron chi connectivity index (χ4n) is 2.81. The van der Waals surface area contributed by atoms with Crippen molar-refractivity contribution in [3.05, 3.63) is 51.2 Å². The SMILES string of the molecule is O=C(O)N(Br)C1=NC2(CS1)c1cc(I)ccc1Oc1ncccc12. The lowest BCUT2D eigenvalue weighted by atomic mass is 9.83. The standard InChI is InChI=1S/C15H9BrIN3O3S/c16-20(14(21)22)13-19-15(7-24-13)9-2-1-5-18-12(9)23-11-4-3-8(17)6-10(11)15/h1-6H,7H2,(H,21,22). The third-order valence-electron chi connectivity index (χ3n) is 3.84. The molecule has 0 fully saturated rings. The van der Waals surface area contributed by atoms with E-state index in [2.05, 4.69) is 43.7 Å². The summed E-state index contributed by atoms with van der Waals surface area (Å²) in [6.07, 6.45) is 0.560. The number of hydrogen-bond acceptors (Lipinski definition) is 5. The van der Waals surface area contributed by atoms with E-state index >= 15 is 0 Å². The van der Waals surface area contributed by atoms with Crippen LogP contribution in [0.5, 0.6) is 11.6 Å². The number of aliphatic imine (C=N–C) groups is 1. The van der Waals surface area contributed by atoms with E-state index in [0.717, 1.165) is 18.6 Å². The van der Waals surface area contributed by atoms with Crippen LogP contribution in [0, 0.1) is 3.57 Å². The highest BCUT2D eigenvalue weighted by Gasteiger charge is 2.47. The van der Waals surface area contributed by atoms with Gasteiger partial charge in [0.1, 0.15) is 11.3 Å². The summed E-state index contributed by atoms with van der Waals surface area (Å²) >= 11 is 6.67. The maximum Gasteiger partial charge on any atom is 0.423 e. The first-order valence-corrected chi connectivity index (χ1v) is 9.63. The van der Waals surface area contributed by atoms with Gasteiger partial charge in [-0.3, -0.25) is 0 Å². The normalized spacial score (nSPS) is 20.8. The number of ether oxygens (including phenoxy) is 1. The first kappa shape index (κ1) is 16.2. The number of halogens is 2. The van der Waals surface area contributed by atoms with Gasteiger partial charge in [0.15, 0.2) is 5.17 Å². The number of hydrogen-bond donors (Lipinski definition) is 1. The lowest BCUT2D eigenvalue weighted by Crippen LogP contribution is -2.31. The van der Waals surface area contributed by atoms with Crippen molar-refractivity contribution in [3.63, 3.8) is 0 Å². The molecule has 122 valence electrons. The number of pyridine rings is 1. The predicted octanol–water partition coefficient (Wildman–Crippen LogP) is 4.43. The molecule has 1 atom stereocenters. The fourth-order valence-corrected chi connectivity index (χ4v) is 4.81. The molecule has 0 radical (unpaired) electrons. The zero-order valence-corrected chi connectivity index (χ0v) is 16.5. The van der Waals surface area contributed by atoms with Crippen LogP contribution in [-0.4, -0.2) is 31.0 Å². The Kier molecular flexibility index (Phi) is 3.96. The van der Waals surface area contributed by atoms with Gasteiger partial charge in [-0.2, -0.15) is 3.93 Å². The molecule has 0 saturated heterocycles. The summed E-state index contributed by atoms with van der Waals surface area (Å²) in [5.74, 6) is 1.78. The second kappa shape index (κ2) is 5.88. The number of nitrogens with zero attached hydrogens (tertiary/aromatic N) is 3. The zero-order valence-electron chi connectivity index (χ0n) is 11.9. The maximum atomic E-state index is 11.2. The molecule has 3 heterocycles. The molecule has 0 saturated carbocycles. The topological polar surface area (TPSA) is 75.0 Å². The highest BCUT2D eigenvalue weighted by molar-refractivity contribution is 14.1. The Labute approximate surface area is 163 Å². The number of carboxylic acid groups (broad SMARTS) is 1. The molecular weight excluding hydrogens is 509 g/mol. The van der Waals surface area contributed by atoms with Crippen LogP contribution >= 0.6 is 50.5 Å². The van der Waals surface area contributed by atoms with Crippen molar-refractivity contribution in [3.8, 4) is 11.6 Å². The number of fused-ring (bicyclic) bond motifs is 4. The Morgan fingerprint density at radius 3 is 3.04 bits per heavy atom. The smallest absolute Gasteiger partial charge is 0.423 e. The number of amidine groups is 1. The second-order valence-corrected chi connectivity index (χ2v) is 8.10. The molecule has 1 aromatic carbocycles. The summed E-state index contributed by atoms with van der Waals surface area (Å²) in [6.45, 7) is 0. The Morgan fingerprint density at radius 1 is 1.42 bits per heavy atom. The third kappa shape index (κ3) is 2.40. The molecule has 4 rings (SSSR count). The Bertz CT molecular complexity index is 894. The van der Waals surface area contributed by atoms with E-state index in [1.165, 1.54) is 11.8 Å². The number of aromatic nitrogens is 1. The molecule has 1 N–H and O–H groups in total. The maximum absolute atomic E-state index is 11.2. The predicted molar refractivity (Wildman–Crippen MR) is 103 cm³/mol. The summed E-state index contributed by atoms with van der Waals surface area (Å²) in [5, 5.41) is 9.60. The van der Waals surface area contributed by atoms with Crippen LogP contribution in [0.15, 0.2) is 41.5 Å². The van der Waals surface area contributed by atoms with E-state index in [-0.39, 0.29) is 0 Å². The molecule has 6 nitrogen and oxygen atoms in total. The third-order valence-corrected chi connectivity index (χ3v) is 6.48. The Morgan fingerprint density at radius 2 is 2.25 bits per heavy atom. The van der Waals surface area contributed by atoms with Crippen molar-refractivity contribution in [2.75, 3.05) is 5.75 Å². The van der Waals surface area contributed by atoms with Gasteiger partial charge >= 0.3 is 6.09 Å². The summed E-state index contributed by atoms with van der Waals surface area (Å²) in [4.78, 5) is 20.3. The molecule has 1 spiro atoms. The number of thioether (sulfide) groups is 1. The van der Waals surface area contributed by atoms with Gasteiger partial charge in [0, 0.05) is 26.6 Å². The summed E-state index contributed by atoms with van der Waals surface area (Å²) in [5.41, 5.74) is 1.05. The molecule has 0 aliphatic carbocycles. The number of carbonyl (C=O) groups is 1. The van der Waals surface area contributed by atoms with Crippen LogP contribution in [0.1, 0.15) is 11.1 Å². The van der Waals surface area contributed by atoms with E-state index in [1.54, 1.807) is 6.20 Å². The molecule has 2 aliphatic rings. The second-order valence-electron chi connectivity index (χ2n) is 5.21. The van der Waals surface area contributed by atoms with Crippen LogP contribution in [0.4, 0.5) is 4.79 Å². The van der Waals surface area contributed by atoms with Crippen LogP contribution in [0.25, 0.3) is 0 Å². The van der Waals surface area contributed by atoms with Gasteiger partial charge in [-0.15, -0.1) is 0 Å². The number of benzene rings is 1. The highest BCUT2D eigenvalue weighted by Crippen LogP contribution is 2.53. The van der Waals surface area contributed by atoms with Crippen molar-refractivity contribution in [1.82, 2.24) is 8.91 Å². The quantitative estimate of drug-likeness (QED) is 0.413. The molecule has 1 aromatic heterocycles. The monoisotopic (exact) mass is 517 g/mol. The molecule has 2 aliphatic heterocycles. The summed E-state index contributed by atoms with van der Waals surface area (Å²) < 4.78 is 7.95. The Hall–Kier alpha value is -1.33. The van der Waals surface area contributed by atoms with Gasteiger partial charge in [-0.1, -0.05) is 11.8 Å². The average Bonchev–Trinajstić information content (AvgIpc) is 3.01. The van der Waals surface area contributed by atoms with Gasteiger partial charge in [0.05, 0.1) is 16.1 Å². The average molecular weight is 518 g/mol. The van der Waals surface area contributed by atoms with E-state index < -0.39 is 11.6 Å². The largest absolute Gasteiger partial charge is 0.464 e. The van der Waals surface area contributed by atoms with Crippen molar-refractivity contribution < 1.29 is 14.6 Å². The molecule has 0 bridgehead atoms. The van der Waals surface area contributed by atoms with Crippen LogP contribution in [-0.2, 0) is 5.54 Å². The van der Waals surface area contributed by atoms with Crippen LogP contribution in [0.2, 0.25) is 0 Å². The lowest BCUT2D eigenvalue weighted by molar-refractivity contribution is 0.189. The number of rotatable bonds is 0. The minimum absolute atomic E-state index is 0.393. The van der Waals surface area contributed by atoms with Crippen LogP contribution < -0.4 is 4.74 Å². The van der Waals surface area contributed by atoms with Gasteiger partial charge < -0.3 is 9.84 Å². The highest BCUT2D eigenvalue weighted by atomic mass is 127. The molecule has 9 heteroatoms. The minimum Gasteiger partial charge on any atom is -0.464 e. The minimum atomic E-state index is -1.11. The van der Waals surface area contributed by atoms with Gasteiger partial charge in [-0.05, 0) is 52.9 Å². The molecule has 24 heavy (non-hydrogen) atoms. The van der Waals surface area contributed by atoms with Crippen molar-refractivity contribution >= 4 is 61.8 Å². The van der Waals surface area contributed by atoms with Gasteiger partial charge in [-0.25, -0.2) is 14.8 Å². The zero-order chi connectivity index (χ0) is 16.9. The van der Waals surface area contributed by atoms with Crippen molar-refractivity contribution in [2.45, 2.75) is 5.54 Å². The van der Waals surface area contributed by atoms with Crippen molar-refractivity contribution in [1.29, 1.82) is 0 Å². The summed E-state index contributed by atoms with van der Waals surface area (Å²) in [6, 6.07) is 9.65. The van der Waals surface area contributed by atoms with E-state index in [4.69, 9.17) is 9.73 Å². The lowest BCUT2D eigenvalue weighted by Gasteiger charge is -2.33. The molecule has 1 amide bonds. The van der Waals surface area contributed by atoms with E-state index in [0.29, 0.717) is 22.6 Å². The van der Waals surface area contributed by atoms with Crippen molar-refractivity contribution in [2.24, 2.45) is 4.99 Å². The molecule has 2 aromatic rings. The van der Waals surface area contributed by atoms with Gasteiger partial charge in [0.25, 0.3) is 0 Å². The van der Waals surface area contributed by atoms with E-state index in [9.17, 15) is 9.90 Å². The molecular formula is C15H9BrIN3O3S. The summed E-state index contributed by atoms with van der Waals surface area (Å²) in [7, 11) is 0. The molecule has 1 unspecified atom stereocenters. The van der Waals surface area contributed by atoms with Crippen LogP contribution in [0.3, 0.4) is 0 Å². The Balaban J connectivity index is 1.95. The fraction of sp³-hybridized carbons (Fsp3) is 0.133.